The molecule has 2 aliphatic rings. The molecule has 0 unspecified atom stereocenters. The Labute approximate surface area is 135 Å². The maximum atomic E-state index is 12.1. The Morgan fingerprint density at radius 3 is 2.96 bits per heavy atom. The van der Waals surface area contributed by atoms with E-state index in [0.717, 1.165) is 38.8 Å². The first-order valence-electron chi connectivity index (χ1n) is 8.18. The topological polar surface area (TPSA) is 100 Å². The van der Waals surface area contributed by atoms with Gasteiger partial charge in [0.25, 0.3) is 5.91 Å². The van der Waals surface area contributed by atoms with Gasteiger partial charge < -0.3 is 9.84 Å². The van der Waals surface area contributed by atoms with Gasteiger partial charge in [-0.15, -0.1) is 0 Å². The average Bonchev–Trinajstić information content (AvgIpc) is 3.05. The molecule has 3 heterocycles. The van der Waals surface area contributed by atoms with Crippen LogP contribution in [0, 0.1) is 5.92 Å². The highest BCUT2D eigenvalue weighted by atomic mass is 16.5. The van der Waals surface area contributed by atoms with Gasteiger partial charge in [0, 0.05) is 18.9 Å². The summed E-state index contributed by atoms with van der Waals surface area (Å²) in [6.45, 7) is 6.13. The normalized spacial score (nSPS) is 28.7. The summed E-state index contributed by atoms with van der Waals surface area (Å²) in [4.78, 5) is 30.2. The van der Waals surface area contributed by atoms with Crippen LogP contribution in [0.25, 0.3) is 0 Å². The molecule has 23 heavy (non-hydrogen) atoms. The molecule has 1 aromatic heterocycles. The Balaban J connectivity index is 1.64. The number of piperidine rings is 1. The van der Waals surface area contributed by atoms with Gasteiger partial charge in [0.15, 0.2) is 5.82 Å². The Kier molecular flexibility index (Phi) is 4.34. The van der Waals surface area contributed by atoms with E-state index in [0.29, 0.717) is 18.3 Å². The minimum absolute atomic E-state index is 0.0738. The number of aromatic nitrogens is 2. The number of nitrogens with zero attached hydrogens (tertiary/aromatic N) is 3. The Bertz CT molecular complexity index is 602. The van der Waals surface area contributed by atoms with Crippen molar-refractivity contribution in [1.82, 2.24) is 25.7 Å². The molecule has 2 aliphatic heterocycles. The number of imide groups is 1. The van der Waals surface area contributed by atoms with E-state index in [1.54, 1.807) is 6.92 Å². The van der Waals surface area contributed by atoms with E-state index in [1.807, 2.05) is 0 Å². The highest BCUT2D eigenvalue weighted by Gasteiger charge is 2.48. The number of aryl methyl sites for hydroxylation is 1. The molecule has 2 fully saturated rings. The maximum absolute atomic E-state index is 12.1. The number of amides is 3. The predicted octanol–water partition coefficient (Wildman–Crippen LogP) is 0.832. The summed E-state index contributed by atoms with van der Waals surface area (Å²) in [5.41, 5.74) is -0.833. The first-order chi connectivity index (χ1) is 11.0. The first-order valence-corrected chi connectivity index (χ1v) is 8.18. The number of carbonyl (C=O) groups is 2. The summed E-state index contributed by atoms with van der Waals surface area (Å²) in [5, 5.41) is 9.14. The van der Waals surface area contributed by atoms with Crippen molar-refractivity contribution in [3.63, 3.8) is 0 Å². The zero-order valence-corrected chi connectivity index (χ0v) is 13.6. The molecule has 1 aromatic rings. The smallest absolute Gasteiger partial charge is 0.322 e. The van der Waals surface area contributed by atoms with Crippen LogP contribution in [0.15, 0.2) is 4.52 Å². The van der Waals surface area contributed by atoms with E-state index >= 15 is 0 Å². The second kappa shape index (κ2) is 6.27. The zero-order valence-electron chi connectivity index (χ0n) is 13.6. The Morgan fingerprint density at radius 2 is 2.26 bits per heavy atom. The van der Waals surface area contributed by atoms with E-state index in [9.17, 15) is 9.59 Å². The van der Waals surface area contributed by atoms with Crippen molar-refractivity contribution >= 4 is 11.9 Å². The van der Waals surface area contributed by atoms with E-state index in [4.69, 9.17) is 4.52 Å². The number of urea groups is 1. The maximum Gasteiger partial charge on any atom is 0.322 e. The molecule has 0 aromatic carbocycles. The molecule has 8 nitrogen and oxygen atoms in total. The van der Waals surface area contributed by atoms with Gasteiger partial charge in [0.2, 0.25) is 5.89 Å². The lowest BCUT2D eigenvalue weighted by molar-refractivity contribution is -0.126. The third-order valence-electron chi connectivity index (χ3n) is 4.73. The van der Waals surface area contributed by atoms with Crippen LogP contribution in [0.4, 0.5) is 4.79 Å². The summed E-state index contributed by atoms with van der Waals surface area (Å²) in [6.07, 6.45) is 3.65. The standard InChI is InChI=1S/C15H23N5O3/c1-3-5-12-16-11(19-23-12)9-20-7-4-6-10(8-20)15(2)13(21)17-14(22)18-15/h10H,3-9H2,1-2H3,(H2,17,18,21,22)/t10-,15-/m0/s1. The summed E-state index contributed by atoms with van der Waals surface area (Å²) >= 11 is 0. The molecule has 2 saturated heterocycles. The van der Waals surface area contributed by atoms with Crippen molar-refractivity contribution in [3.05, 3.63) is 11.7 Å². The van der Waals surface area contributed by atoms with E-state index < -0.39 is 11.6 Å². The zero-order chi connectivity index (χ0) is 16.4. The monoisotopic (exact) mass is 321 g/mol. The minimum atomic E-state index is -0.833. The molecule has 8 heteroatoms. The van der Waals surface area contributed by atoms with Crippen LogP contribution < -0.4 is 10.6 Å². The number of carbonyl (C=O) groups excluding carboxylic acids is 2. The van der Waals surface area contributed by atoms with Crippen LogP contribution in [0.1, 0.15) is 44.8 Å². The molecule has 2 atom stereocenters. The summed E-state index contributed by atoms with van der Waals surface area (Å²) in [5.74, 6) is 1.19. The predicted molar refractivity (Wildman–Crippen MR) is 81.4 cm³/mol. The van der Waals surface area contributed by atoms with Crippen molar-refractivity contribution in [2.24, 2.45) is 5.92 Å². The highest BCUT2D eigenvalue weighted by molar-refractivity contribution is 6.06. The second-order valence-corrected chi connectivity index (χ2v) is 6.54. The highest BCUT2D eigenvalue weighted by Crippen LogP contribution is 2.30. The number of likely N-dealkylation sites (tertiary alicyclic amines) is 1. The van der Waals surface area contributed by atoms with Gasteiger partial charge in [-0.05, 0) is 32.7 Å². The van der Waals surface area contributed by atoms with Crippen LogP contribution in [-0.2, 0) is 17.8 Å². The molecule has 126 valence electrons. The van der Waals surface area contributed by atoms with Crippen molar-refractivity contribution in [1.29, 1.82) is 0 Å². The van der Waals surface area contributed by atoms with Gasteiger partial charge in [0.05, 0.1) is 6.54 Å². The third kappa shape index (κ3) is 3.21. The number of hydrogen-bond donors (Lipinski definition) is 2. The Hall–Kier alpha value is -1.96. The summed E-state index contributed by atoms with van der Waals surface area (Å²) in [6, 6.07) is -0.406. The van der Waals surface area contributed by atoms with Crippen molar-refractivity contribution in [2.75, 3.05) is 13.1 Å². The van der Waals surface area contributed by atoms with Crippen LogP contribution in [0.3, 0.4) is 0 Å². The summed E-state index contributed by atoms with van der Waals surface area (Å²) < 4.78 is 5.22. The molecular weight excluding hydrogens is 298 g/mol. The lowest BCUT2D eigenvalue weighted by Gasteiger charge is -2.39. The molecule has 0 spiro atoms. The fourth-order valence-corrected chi connectivity index (χ4v) is 3.38. The number of rotatable bonds is 5. The lowest BCUT2D eigenvalue weighted by Crippen LogP contribution is -2.55. The van der Waals surface area contributed by atoms with Crippen molar-refractivity contribution < 1.29 is 14.1 Å². The Morgan fingerprint density at radius 1 is 1.43 bits per heavy atom. The average molecular weight is 321 g/mol. The molecule has 2 N–H and O–H groups in total. The number of hydrogen-bond acceptors (Lipinski definition) is 6. The van der Waals surface area contributed by atoms with Crippen LogP contribution in [-0.4, -0.2) is 45.6 Å². The van der Waals surface area contributed by atoms with Gasteiger partial charge in [-0.2, -0.15) is 4.98 Å². The molecule has 0 bridgehead atoms. The van der Waals surface area contributed by atoms with E-state index in [-0.39, 0.29) is 11.8 Å². The van der Waals surface area contributed by atoms with E-state index in [1.165, 1.54) is 0 Å². The van der Waals surface area contributed by atoms with Gasteiger partial charge in [-0.1, -0.05) is 12.1 Å². The van der Waals surface area contributed by atoms with Gasteiger partial charge in [-0.25, -0.2) is 4.79 Å². The molecule has 0 saturated carbocycles. The fourth-order valence-electron chi connectivity index (χ4n) is 3.38. The fraction of sp³-hybridized carbons (Fsp3) is 0.733. The molecule has 0 aliphatic carbocycles. The largest absolute Gasteiger partial charge is 0.339 e. The quantitative estimate of drug-likeness (QED) is 0.779. The summed E-state index contributed by atoms with van der Waals surface area (Å²) in [7, 11) is 0. The van der Waals surface area contributed by atoms with Crippen molar-refractivity contribution in [2.45, 2.75) is 51.6 Å². The van der Waals surface area contributed by atoms with Crippen LogP contribution in [0.2, 0.25) is 0 Å². The van der Waals surface area contributed by atoms with Crippen molar-refractivity contribution in [3.8, 4) is 0 Å². The second-order valence-electron chi connectivity index (χ2n) is 6.54. The van der Waals surface area contributed by atoms with E-state index in [2.05, 4.69) is 32.6 Å². The minimum Gasteiger partial charge on any atom is -0.339 e. The van der Waals surface area contributed by atoms with Gasteiger partial charge in [-0.3, -0.25) is 15.0 Å². The van der Waals surface area contributed by atoms with Crippen LogP contribution >= 0.6 is 0 Å². The van der Waals surface area contributed by atoms with Gasteiger partial charge >= 0.3 is 6.03 Å². The SMILES string of the molecule is CCCc1nc(CN2CCC[C@H]([C@]3(C)NC(=O)NC3=O)C2)no1. The van der Waals surface area contributed by atoms with Crippen LogP contribution in [0.5, 0.6) is 0 Å². The molecule has 3 amide bonds. The van der Waals surface area contributed by atoms with Gasteiger partial charge in [0.1, 0.15) is 5.54 Å². The third-order valence-corrected chi connectivity index (χ3v) is 4.73. The molecular formula is C15H23N5O3. The molecule has 0 radical (unpaired) electrons. The first kappa shape index (κ1) is 15.9. The lowest BCUT2D eigenvalue weighted by atomic mass is 9.80. The molecule has 3 rings (SSSR count). The number of nitrogens with one attached hydrogen (secondary N) is 2.